The molecule has 0 saturated heterocycles. The van der Waals surface area contributed by atoms with Crippen molar-refractivity contribution < 1.29 is 0 Å². The van der Waals surface area contributed by atoms with E-state index in [0.29, 0.717) is 17.3 Å². The molecule has 0 unspecified atom stereocenters. The molecule has 1 saturated carbocycles. The second-order valence-corrected chi connectivity index (χ2v) is 5.62. The van der Waals surface area contributed by atoms with Gasteiger partial charge in [-0.15, -0.1) is 4.99 Å². The molecular formula is C17H18N6. The van der Waals surface area contributed by atoms with Gasteiger partial charge in [-0.3, -0.25) is 4.98 Å². The van der Waals surface area contributed by atoms with Crippen molar-refractivity contribution in [2.24, 2.45) is 4.99 Å². The third kappa shape index (κ3) is 3.24. The molecule has 0 atom stereocenters. The Bertz CT molecular complexity index is 743. The molecule has 1 aromatic heterocycles. The largest absolute Gasteiger partial charge is 0.397 e. The molecule has 0 radical (unpaired) electrons. The maximum absolute atomic E-state index is 8.97. The van der Waals surface area contributed by atoms with E-state index in [-0.39, 0.29) is 5.54 Å². The first-order valence-electron chi connectivity index (χ1n) is 7.50. The van der Waals surface area contributed by atoms with Crippen LogP contribution in [0, 0.1) is 11.5 Å². The summed E-state index contributed by atoms with van der Waals surface area (Å²) in [5.74, 6) is 0.406. The number of benzene rings is 1. The monoisotopic (exact) mass is 306 g/mol. The van der Waals surface area contributed by atoms with Crippen molar-refractivity contribution >= 4 is 17.3 Å². The number of pyridine rings is 1. The van der Waals surface area contributed by atoms with Gasteiger partial charge in [0.1, 0.15) is 0 Å². The average molecular weight is 306 g/mol. The third-order valence-electron chi connectivity index (χ3n) is 4.08. The van der Waals surface area contributed by atoms with Gasteiger partial charge in [0.05, 0.1) is 23.1 Å². The van der Waals surface area contributed by atoms with Gasteiger partial charge in [-0.05, 0) is 30.9 Å². The van der Waals surface area contributed by atoms with E-state index in [1.165, 1.54) is 5.56 Å². The molecule has 1 aliphatic carbocycles. The van der Waals surface area contributed by atoms with E-state index in [9.17, 15) is 0 Å². The molecule has 0 amide bonds. The van der Waals surface area contributed by atoms with Gasteiger partial charge in [0.25, 0.3) is 0 Å². The van der Waals surface area contributed by atoms with Crippen molar-refractivity contribution in [1.82, 2.24) is 10.3 Å². The van der Waals surface area contributed by atoms with E-state index in [4.69, 9.17) is 11.0 Å². The van der Waals surface area contributed by atoms with Crippen molar-refractivity contribution in [2.45, 2.75) is 24.8 Å². The second kappa shape index (κ2) is 6.36. The topological polar surface area (TPSA) is 99.1 Å². The van der Waals surface area contributed by atoms with Crippen molar-refractivity contribution in [3.8, 4) is 6.19 Å². The van der Waals surface area contributed by atoms with E-state index in [0.717, 1.165) is 19.3 Å². The molecule has 1 fully saturated rings. The Morgan fingerprint density at radius 3 is 2.65 bits per heavy atom. The van der Waals surface area contributed by atoms with Crippen molar-refractivity contribution in [3.05, 3.63) is 54.4 Å². The van der Waals surface area contributed by atoms with E-state index >= 15 is 0 Å². The number of nitrogens with one attached hydrogen (secondary N) is 2. The third-order valence-corrected chi connectivity index (χ3v) is 4.08. The molecule has 0 spiro atoms. The van der Waals surface area contributed by atoms with Gasteiger partial charge in [0.15, 0.2) is 0 Å². The summed E-state index contributed by atoms with van der Waals surface area (Å²) in [7, 11) is 0. The Labute approximate surface area is 135 Å². The lowest BCUT2D eigenvalue weighted by molar-refractivity contribution is 0.220. The highest BCUT2D eigenvalue weighted by atomic mass is 15.2. The summed E-state index contributed by atoms with van der Waals surface area (Å²) in [6.45, 7) is 0. The van der Waals surface area contributed by atoms with Gasteiger partial charge >= 0.3 is 0 Å². The molecule has 23 heavy (non-hydrogen) atoms. The van der Waals surface area contributed by atoms with Crippen LogP contribution in [-0.2, 0) is 5.54 Å². The number of anilines is 2. The average Bonchev–Trinajstić information content (AvgIpc) is 2.52. The molecule has 1 heterocycles. The molecule has 3 rings (SSSR count). The number of hydrogen-bond donors (Lipinski definition) is 3. The molecule has 116 valence electrons. The number of rotatable bonds is 3. The molecule has 2 aromatic rings. The molecule has 4 N–H and O–H groups in total. The molecule has 0 aliphatic heterocycles. The van der Waals surface area contributed by atoms with E-state index < -0.39 is 0 Å². The first-order valence-corrected chi connectivity index (χ1v) is 7.50. The lowest BCUT2D eigenvalue weighted by Crippen LogP contribution is -2.52. The SMILES string of the molecule is N#C/N=C(/Nc1cncc(N)c1)NC1(c2ccccc2)CCC1. The molecule has 1 aliphatic rings. The summed E-state index contributed by atoms with van der Waals surface area (Å²) in [6.07, 6.45) is 8.18. The van der Waals surface area contributed by atoms with Gasteiger partial charge in [0.2, 0.25) is 12.2 Å². The van der Waals surface area contributed by atoms with Crippen LogP contribution < -0.4 is 16.4 Å². The second-order valence-electron chi connectivity index (χ2n) is 5.62. The van der Waals surface area contributed by atoms with Gasteiger partial charge in [-0.25, -0.2) is 0 Å². The summed E-state index contributed by atoms with van der Waals surface area (Å²) in [4.78, 5) is 7.91. The molecule has 1 aromatic carbocycles. The lowest BCUT2D eigenvalue weighted by atomic mass is 9.72. The first kappa shape index (κ1) is 14.9. The Hall–Kier alpha value is -3.07. The Balaban J connectivity index is 1.82. The number of nitrogens with two attached hydrogens (primary N) is 1. The standard InChI is InChI=1S/C17H18N6/c18-12-21-16(22-15-9-14(19)10-20-11-15)23-17(7-4-8-17)13-5-2-1-3-6-13/h1-3,5-6,9-11H,4,7-8,19H2,(H2,21,22,23). The maximum atomic E-state index is 8.97. The van der Waals surface area contributed by atoms with Crippen molar-refractivity contribution in [1.29, 1.82) is 5.26 Å². The van der Waals surface area contributed by atoms with Crippen LogP contribution in [0.2, 0.25) is 0 Å². The Kier molecular flexibility index (Phi) is 4.11. The minimum absolute atomic E-state index is 0.183. The van der Waals surface area contributed by atoms with Crippen LogP contribution in [0.15, 0.2) is 53.8 Å². The number of nitriles is 1. The van der Waals surface area contributed by atoms with Gasteiger partial charge in [-0.2, -0.15) is 5.26 Å². The molecule has 6 heteroatoms. The number of aliphatic imine (C=N–C) groups is 1. The molecule has 6 nitrogen and oxygen atoms in total. The molecule has 0 bridgehead atoms. The highest BCUT2D eigenvalue weighted by molar-refractivity contribution is 5.95. The fraction of sp³-hybridized carbons (Fsp3) is 0.235. The van der Waals surface area contributed by atoms with Gasteiger partial charge in [-0.1, -0.05) is 30.3 Å². The normalized spacial score (nSPS) is 16.0. The first-order chi connectivity index (χ1) is 11.2. The predicted octanol–water partition coefficient (Wildman–Crippen LogP) is 2.58. The van der Waals surface area contributed by atoms with E-state index in [1.54, 1.807) is 18.5 Å². The highest BCUT2D eigenvalue weighted by Crippen LogP contribution is 2.41. The van der Waals surface area contributed by atoms with Crippen molar-refractivity contribution in [3.63, 3.8) is 0 Å². The summed E-state index contributed by atoms with van der Waals surface area (Å²) in [5, 5.41) is 15.5. The van der Waals surface area contributed by atoms with Crippen LogP contribution >= 0.6 is 0 Å². The summed E-state index contributed by atoms with van der Waals surface area (Å²) < 4.78 is 0. The van der Waals surface area contributed by atoms with E-state index in [1.807, 2.05) is 24.4 Å². The fourth-order valence-electron chi connectivity index (χ4n) is 2.80. The smallest absolute Gasteiger partial charge is 0.212 e. The van der Waals surface area contributed by atoms with Gasteiger partial charge in [0, 0.05) is 6.20 Å². The van der Waals surface area contributed by atoms with Crippen molar-refractivity contribution in [2.75, 3.05) is 11.1 Å². The quantitative estimate of drug-likeness (QED) is 0.460. The minimum Gasteiger partial charge on any atom is -0.397 e. The number of aromatic nitrogens is 1. The zero-order chi connectivity index (χ0) is 16.1. The summed E-state index contributed by atoms with van der Waals surface area (Å²) in [5.41, 5.74) is 7.99. The zero-order valence-electron chi connectivity index (χ0n) is 12.7. The summed E-state index contributed by atoms with van der Waals surface area (Å²) >= 11 is 0. The number of nitrogen functional groups attached to an aromatic ring is 1. The number of nitrogens with zero attached hydrogens (tertiary/aromatic N) is 3. The van der Waals surface area contributed by atoms with Crippen LogP contribution in [0.3, 0.4) is 0 Å². The lowest BCUT2D eigenvalue weighted by Gasteiger charge is -2.43. The Morgan fingerprint density at radius 2 is 2.04 bits per heavy atom. The number of hydrogen-bond acceptors (Lipinski definition) is 4. The maximum Gasteiger partial charge on any atom is 0.212 e. The zero-order valence-corrected chi connectivity index (χ0v) is 12.7. The van der Waals surface area contributed by atoms with Gasteiger partial charge < -0.3 is 16.4 Å². The van der Waals surface area contributed by atoms with Crippen LogP contribution in [0.25, 0.3) is 0 Å². The number of guanidine groups is 1. The predicted molar refractivity (Wildman–Crippen MR) is 90.4 cm³/mol. The minimum atomic E-state index is -0.183. The van der Waals surface area contributed by atoms with Crippen LogP contribution in [0.4, 0.5) is 11.4 Å². The van der Waals surface area contributed by atoms with Crippen LogP contribution in [-0.4, -0.2) is 10.9 Å². The summed E-state index contributed by atoms with van der Waals surface area (Å²) in [6, 6.07) is 12.0. The Morgan fingerprint density at radius 1 is 1.26 bits per heavy atom. The van der Waals surface area contributed by atoms with E-state index in [2.05, 4.69) is 32.7 Å². The molecular weight excluding hydrogens is 288 g/mol. The fourth-order valence-corrected chi connectivity index (χ4v) is 2.80. The van der Waals surface area contributed by atoms with Crippen LogP contribution in [0.5, 0.6) is 0 Å². The highest BCUT2D eigenvalue weighted by Gasteiger charge is 2.39. The van der Waals surface area contributed by atoms with Crippen LogP contribution in [0.1, 0.15) is 24.8 Å².